The molecular weight excluding hydrogens is 326 g/mol. The molecule has 0 saturated carbocycles. The lowest BCUT2D eigenvalue weighted by Gasteiger charge is -2.18. The smallest absolute Gasteiger partial charge is 0.168 e. The van der Waals surface area contributed by atoms with Gasteiger partial charge in [-0.05, 0) is 35.9 Å². The SMILES string of the molecule is COc1cccc2c1OCC(C=C(C#N)c1nc3ccccc3n1C)=C2. The van der Waals surface area contributed by atoms with Gasteiger partial charge >= 0.3 is 0 Å². The molecule has 5 heteroatoms. The minimum atomic E-state index is 0.377. The van der Waals surface area contributed by atoms with Gasteiger partial charge in [-0.25, -0.2) is 4.98 Å². The minimum Gasteiger partial charge on any atom is -0.493 e. The Kier molecular flexibility index (Phi) is 3.94. The Bertz CT molecular complexity index is 1100. The molecule has 26 heavy (non-hydrogen) atoms. The first-order chi connectivity index (χ1) is 12.7. The van der Waals surface area contributed by atoms with Crippen LogP contribution in [0.4, 0.5) is 0 Å². The van der Waals surface area contributed by atoms with Gasteiger partial charge in [-0.2, -0.15) is 5.26 Å². The van der Waals surface area contributed by atoms with Gasteiger partial charge in [-0.1, -0.05) is 24.3 Å². The van der Waals surface area contributed by atoms with Gasteiger partial charge in [0.15, 0.2) is 17.3 Å². The number of methoxy groups -OCH3 is 1. The zero-order valence-electron chi connectivity index (χ0n) is 14.6. The molecule has 0 spiro atoms. The maximum atomic E-state index is 9.68. The summed E-state index contributed by atoms with van der Waals surface area (Å²) >= 11 is 0. The summed E-state index contributed by atoms with van der Waals surface area (Å²) in [7, 11) is 3.54. The molecule has 0 unspecified atom stereocenters. The Morgan fingerprint density at radius 2 is 2.12 bits per heavy atom. The van der Waals surface area contributed by atoms with E-state index in [1.807, 2.05) is 66.2 Å². The fourth-order valence-electron chi connectivity index (χ4n) is 3.16. The van der Waals surface area contributed by atoms with E-state index in [1.165, 1.54) is 0 Å². The number of fused-ring (bicyclic) bond motifs is 2. The molecule has 0 bridgehead atoms. The first-order valence-electron chi connectivity index (χ1n) is 8.25. The molecule has 0 saturated heterocycles. The van der Waals surface area contributed by atoms with Crippen LogP contribution >= 0.6 is 0 Å². The van der Waals surface area contributed by atoms with Crippen LogP contribution in [0.1, 0.15) is 11.4 Å². The predicted octanol–water partition coefficient (Wildman–Crippen LogP) is 3.96. The van der Waals surface area contributed by atoms with Crippen LogP contribution in [0.3, 0.4) is 0 Å². The number of hydrogen-bond donors (Lipinski definition) is 0. The molecule has 1 aromatic heterocycles. The second-order valence-electron chi connectivity index (χ2n) is 6.04. The molecule has 0 fully saturated rings. The van der Waals surface area contributed by atoms with Crippen molar-refractivity contribution >= 4 is 22.7 Å². The summed E-state index contributed by atoms with van der Waals surface area (Å²) in [6, 6.07) is 15.9. The lowest BCUT2D eigenvalue weighted by molar-refractivity contribution is 0.318. The number of rotatable bonds is 3. The second-order valence-corrected chi connectivity index (χ2v) is 6.04. The van der Waals surface area contributed by atoms with E-state index in [9.17, 15) is 5.26 Å². The molecule has 2 heterocycles. The number of hydrogen-bond acceptors (Lipinski definition) is 4. The van der Waals surface area contributed by atoms with Crippen molar-refractivity contribution in [2.45, 2.75) is 0 Å². The van der Waals surface area contributed by atoms with Gasteiger partial charge in [-0.15, -0.1) is 0 Å². The highest BCUT2D eigenvalue weighted by atomic mass is 16.5. The second kappa shape index (κ2) is 6.41. The van der Waals surface area contributed by atoms with Gasteiger partial charge in [0.25, 0.3) is 0 Å². The molecule has 0 aliphatic carbocycles. The number of para-hydroxylation sites is 3. The number of aromatic nitrogens is 2. The van der Waals surface area contributed by atoms with Crippen molar-refractivity contribution in [1.29, 1.82) is 5.26 Å². The first-order valence-corrected chi connectivity index (χ1v) is 8.25. The standard InChI is InChI=1S/C21H17N3O2/c1-24-18-8-4-3-7-17(18)23-21(24)16(12-22)11-14-10-15-6-5-9-19(25-2)20(15)26-13-14/h3-11H,13H2,1-2H3. The third-order valence-corrected chi connectivity index (χ3v) is 4.43. The van der Waals surface area contributed by atoms with E-state index in [0.717, 1.165) is 27.9 Å². The Hall–Kier alpha value is -3.52. The van der Waals surface area contributed by atoms with Crippen molar-refractivity contribution in [1.82, 2.24) is 9.55 Å². The number of aryl methyl sites for hydroxylation is 1. The normalized spacial score (nSPS) is 13.6. The average molecular weight is 343 g/mol. The van der Waals surface area contributed by atoms with Crippen molar-refractivity contribution in [2.75, 3.05) is 13.7 Å². The number of imidazole rings is 1. The monoisotopic (exact) mass is 343 g/mol. The van der Waals surface area contributed by atoms with Crippen LogP contribution in [0.2, 0.25) is 0 Å². The van der Waals surface area contributed by atoms with E-state index in [1.54, 1.807) is 7.11 Å². The van der Waals surface area contributed by atoms with Gasteiger partial charge in [0.2, 0.25) is 0 Å². The molecule has 5 nitrogen and oxygen atoms in total. The molecule has 0 amide bonds. The Labute approximate surface area is 151 Å². The molecular formula is C21H17N3O2. The fourth-order valence-corrected chi connectivity index (χ4v) is 3.16. The summed E-state index contributed by atoms with van der Waals surface area (Å²) < 4.78 is 13.1. The maximum Gasteiger partial charge on any atom is 0.168 e. The van der Waals surface area contributed by atoms with Crippen molar-refractivity contribution in [3.63, 3.8) is 0 Å². The van der Waals surface area contributed by atoms with Crippen molar-refractivity contribution in [2.24, 2.45) is 7.05 Å². The van der Waals surface area contributed by atoms with Gasteiger partial charge in [-0.3, -0.25) is 0 Å². The average Bonchev–Trinajstić information content (AvgIpc) is 3.02. The van der Waals surface area contributed by atoms with E-state index in [2.05, 4.69) is 11.1 Å². The highest BCUT2D eigenvalue weighted by Crippen LogP contribution is 2.36. The van der Waals surface area contributed by atoms with E-state index in [4.69, 9.17) is 9.47 Å². The molecule has 4 rings (SSSR count). The minimum absolute atomic E-state index is 0.377. The van der Waals surface area contributed by atoms with Crippen LogP contribution in [0, 0.1) is 11.3 Å². The number of nitrogens with zero attached hydrogens (tertiary/aromatic N) is 3. The third kappa shape index (κ3) is 2.62. The molecule has 1 aliphatic rings. The summed E-state index contributed by atoms with van der Waals surface area (Å²) in [4.78, 5) is 4.60. The Morgan fingerprint density at radius 1 is 1.27 bits per heavy atom. The molecule has 2 aromatic carbocycles. The highest BCUT2D eigenvalue weighted by Gasteiger charge is 2.17. The fraction of sp³-hybridized carbons (Fsp3) is 0.143. The van der Waals surface area contributed by atoms with E-state index in [0.29, 0.717) is 23.8 Å². The zero-order valence-corrected chi connectivity index (χ0v) is 14.6. The summed E-state index contributed by atoms with van der Waals surface area (Å²) in [6.07, 6.45) is 3.85. The largest absolute Gasteiger partial charge is 0.493 e. The lowest BCUT2D eigenvalue weighted by atomic mass is 10.0. The van der Waals surface area contributed by atoms with Gasteiger partial charge in [0.1, 0.15) is 12.7 Å². The molecule has 0 atom stereocenters. The number of allylic oxidation sites excluding steroid dienone is 1. The van der Waals surface area contributed by atoms with Crippen LogP contribution in [0.15, 0.2) is 54.1 Å². The van der Waals surface area contributed by atoms with Crippen LogP contribution < -0.4 is 9.47 Å². The predicted molar refractivity (Wildman–Crippen MR) is 101 cm³/mol. The molecule has 0 radical (unpaired) electrons. The lowest BCUT2D eigenvalue weighted by Crippen LogP contribution is -2.08. The van der Waals surface area contributed by atoms with Crippen LogP contribution in [-0.2, 0) is 7.05 Å². The summed E-state index contributed by atoms with van der Waals surface area (Å²) in [5.74, 6) is 2.08. The molecule has 128 valence electrons. The third-order valence-electron chi connectivity index (χ3n) is 4.43. The molecule has 0 N–H and O–H groups in total. The van der Waals surface area contributed by atoms with Gasteiger partial charge in [0, 0.05) is 12.6 Å². The Balaban J connectivity index is 1.77. The van der Waals surface area contributed by atoms with Crippen LogP contribution in [-0.4, -0.2) is 23.3 Å². The summed E-state index contributed by atoms with van der Waals surface area (Å²) in [5, 5.41) is 9.68. The van der Waals surface area contributed by atoms with E-state index >= 15 is 0 Å². The maximum absolute atomic E-state index is 9.68. The van der Waals surface area contributed by atoms with Gasteiger partial charge < -0.3 is 14.0 Å². The number of nitriles is 1. The highest BCUT2D eigenvalue weighted by molar-refractivity contribution is 5.85. The Morgan fingerprint density at radius 3 is 2.88 bits per heavy atom. The molecule has 1 aliphatic heterocycles. The van der Waals surface area contributed by atoms with Gasteiger partial charge in [0.05, 0.1) is 23.7 Å². The van der Waals surface area contributed by atoms with E-state index in [-0.39, 0.29) is 0 Å². The first kappa shape index (κ1) is 16.0. The van der Waals surface area contributed by atoms with Crippen LogP contribution in [0.5, 0.6) is 11.5 Å². The number of ether oxygens (including phenoxy) is 2. The van der Waals surface area contributed by atoms with Crippen molar-refractivity contribution < 1.29 is 9.47 Å². The molecule has 3 aromatic rings. The summed E-state index contributed by atoms with van der Waals surface area (Å²) in [5.41, 5.74) is 4.21. The topological polar surface area (TPSA) is 60.1 Å². The zero-order chi connectivity index (χ0) is 18.1. The number of benzene rings is 2. The van der Waals surface area contributed by atoms with Crippen molar-refractivity contribution in [3.8, 4) is 17.6 Å². The quantitative estimate of drug-likeness (QED) is 0.675. The van der Waals surface area contributed by atoms with Crippen molar-refractivity contribution in [3.05, 3.63) is 65.5 Å². The van der Waals surface area contributed by atoms with E-state index < -0.39 is 0 Å². The summed E-state index contributed by atoms with van der Waals surface area (Å²) in [6.45, 7) is 0.377. The van der Waals surface area contributed by atoms with Crippen LogP contribution in [0.25, 0.3) is 22.7 Å².